The Morgan fingerprint density at radius 2 is 1.71 bits per heavy atom. The first kappa shape index (κ1) is 23.3. The number of sulfonamides is 1. The number of fused-ring (bicyclic) bond motifs is 1. The largest absolute Gasteiger partial charge is 0.495 e. The van der Waals surface area contributed by atoms with Gasteiger partial charge in [0.15, 0.2) is 5.76 Å². The van der Waals surface area contributed by atoms with E-state index < -0.39 is 15.9 Å². The van der Waals surface area contributed by atoms with Crippen LogP contribution >= 0.6 is 0 Å². The first-order chi connectivity index (χ1) is 16.3. The maximum atomic E-state index is 13.3. The lowest BCUT2D eigenvalue weighted by Crippen LogP contribution is -2.22. The van der Waals surface area contributed by atoms with E-state index in [1.165, 1.54) is 39.4 Å². The molecule has 0 aliphatic carbocycles. The van der Waals surface area contributed by atoms with Gasteiger partial charge in [0.25, 0.3) is 5.91 Å². The highest BCUT2D eigenvalue weighted by molar-refractivity contribution is 7.89. The molecule has 4 rings (SSSR count). The van der Waals surface area contributed by atoms with Gasteiger partial charge in [0.1, 0.15) is 23.7 Å². The third-order valence-corrected chi connectivity index (χ3v) is 7.04. The maximum absolute atomic E-state index is 13.3. The second kappa shape index (κ2) is 9.58. The van der Waals surface area contributed by atoms with Gasteiger partial charge in [-0.25, -0.2) is 12.7 Å². The zero-order chi connectivity index (χ0) is 24.3. The number of nitrogens with zero attached hydrogens (tertiary/aromatic N) is 1. The van der Waals surface area contributed by atoms with Gasteiger partial charge in [-0.05, 0) is 36.4 Å². The van der Waals surface area contributed by atoms with Crippen molar-refractivity contribution in [1.29, 1.82) is 0 Å². The molecular weight excluding hydrogens is 456 g/mol. The van der Waals surface area contributed by atoms with Gasteiger partial charge < -0.3 is 19.2 Å². The third-order valence-electron chi connectivity index (χ3n) is 5.23. The summed E-state index contributed by atoms with van der Waals surface area (Å²) >= 11 is 0. The number of ether oxygens (including phenoxy) is 2. The molecule has 0 saturated carbocycles. The van der Waals surface area contributed by atoms with Crippen molar-refractivity contribution in [2.24, 2.45) is 0 Å². The Kier molecular flexibility index (Phi) is 6.58. The van der Waals surface area contributed by atoms with Gasteiger partial charge in [0.05, 0.1) is 17.7 Å². The lowest BCUT2D eigenvalue weighted by atomic mass is 10.1. The van der Waals surface area contributed by atoms with Crippen LogP contribution in [0.1, 0.15) is 16.1 Å². The van der Waals surface area contributed by atoms with Crippen LogP contribution in [0, 0.1) is 0 Å². The summed E-state index contributed by atoms with van der Waals surface area (Å²) in [6.45, 7) is 0.107. The van der Waals surface area contributed by atoms with E-state index in [-0.39, 0.29) is 22.9 Å². The quantitative estimate of drug-likeness (QED) is 0.398. The highest BCUT2D eigenvalue weighted by Gasteiger charge is 2.24. The molecule has 0 atom stereocenters. The minimum absolute atomic E-state index is 0.0193. The fourth-order valence-electron chi connectivity index (χ4n) is 3.43. The molecule has 0 saturated heterocycles. The smallest absolute Gasteiger partial charge is 0.291 e. The van der Waals surface area contributed by atoms with Crippen molar-refractivity contribution in [2.45, 2.75) is 11.5 Å². The van der Waals surface area contributed by atoms with E-state index in [0.29, 0.717) is 22.6 Å². The molecule has 0 bridgehead atoms. The van der Waals surface area contributed by atoms with Gasteiger partial charge in [-0.15, -0.1) is 0 Å². The Morgan fingerprint density at radius 1 is 1.00 bits per heavy atom. The Labute approximate surface area is 197 Å². The molecule has 9 heteroatoms. The SMILES string of the molecule is COc1ccc(S(=O)(=O)N(C)C)cc1NC(=O)c1oc2ccccc2c1COc1ccccc1. The van der Waals surface area contributed by atoms with Gasteiger partial charge in [0.2, 0.25) is 10.0 Å². The summed E-state index contributed by atoms with van der Waals surface area (Å²) in [6, 6.07) is 20.8. The van der Waals surface area contributed by atoms with E-state index in [1.807, 2.05) is 48.5 Å². The standard InChI is InChI=1S/C25H24N2O6S/c1-27(2)34(29,30)18-13-14-23(31-3)21(15-18)26-25(28)24-20(16-32-17-9-5-4-6-10-17)19-11-7-8-12-22(19)33-24/h4-15H,16H2,1-3H3,(H,26,28). The van der Waals surface area contributed by atoms with Crippen LogP contribution < -0.4 is 14.8 Å². The molecule has 0 fully saturated rings. The number of hydrogen-bond donors (Lipinski definition) is 1. The van der Waals surface area contributed by atoms with Gasteiger partial charge in [-0.2, -0.15) is 0 Å². The molecule has 8 nitrogen and oxygen atoms in total. The van der Waals surface area contributed by atoms with E-state index in [9.17, 15) is 13.2 Å². The number of benzene rings is 3. The number of methoxy groups -OCH3 is 1. The summed E-state index contributed by atoms with van der Waals surface area (Å²) in [5, 5.41) is 3.48. The molecule has 1 amide bonds. The highest BCUT2D eigenvalue weighted by atomic mass is 32.2. The molecule has 0 unspecified atom stereocenters. The van der Waals surface area contributed by atoms with Crippen molar-refractivity contribution in [1.82, 2.24) is 4.31 Å². The fourth-order valence-corrected chi connectivity index (χ4v) is 4.36. The zero-order valence-corrected chi connectivity index (χ0v) is 19.8. The number of carbonyl (C=O) groups excluding carboxylic acids is 1. The predicted molar refractivity (Wildman–Crippen MR) is 129 cm³/mol. The summed E-state index contributed by atoms with van der Waals surface area (Å²) in [6.07, 6.45) is 0. The Bertz CT molecular complexity index is 1430. The molecule has 1 N–H and O–H groups in total. The van der Waals surface area contributed by atoms with Crippen molar-refractivity contribution in [3.8, 4) is 11.5 Å². The van der Waals surface area contributed by atoms with E-state index in [4.69, 9.17) is 13.9 Å². The van der Waals surface area contributed by atoms with Gasteiger partial charge >= 0.3 is 0 Å². The highest BCUT2D eigenvalue weighted by Crippen LogP contribution is 2.31. The molecule has 0 aliphatic heterocycles. The average molecular weight is 481 g/mol. The molecule has 4 aromatic rings. The molecule has 3 aromatic carbocycles. The molecule has 0 spiro atoms. The predicted octanol–water partition coefficient (Wildman–Crippen LogP) is 4.52. The Hall–Kier alpha value is -3.82. The number of rotatable bonds is 8. The Balaban J connectivity index is 1.70. The van der Waals surface area contributed by atoms with Crippen molar-refractivity contribution in [3.63, 3.8) is 0 Å². The summed E-state index contributed by atoms with van der Waals surface area (Å²) in [7, 11) is 0.598. The minimum Gasteiger partial charge on any atom is -0.495 e. The van der Waals surface area contributed by atoms with Crippen molar-refractivity contribution >= 4 is 32.6 Å². The second-order valence-corrected chi connectivity index (χ2v) is 9.76. The number of carbonyl (C=O) groups is 1. The number of amides is 1. The molecule has 34 heavy (non-hydrogen) atoms. The van der Waals surface area contributed by atoms with E-state index >= 15 is 0 Å². The van der Waals surface area contributed by atoms with Crippen LogP contribution in [-0.4, -0.2) is 39.8 Å². The molecule has 1 aromatic heterocycles. The summed E-state index contributed by atoms with van der Waals surface area (Å²) < 4.78 is 43.3. The zero-order valence-electron chi connectivity index (χ0n) is 18.9. The molecule has 0 radical (unpaired) electrons. The average Bonchev–Trinajstić information content (AvgIpc) is 3.22. The minimum atomic E-state index is -3.71. The Morgan fingerprint density at radius 3 is 2.41 bits per heavy atom. The van der Waals surface area contributed by atoms with Gasteiger partial charge in [0, 0.05) is 25.0 Å². The topological polar surface area (TPSA) is 98.1 Å². The van der Waals surface area contributed by atoms with Crippen LogP contribution in [0.2, 0.25) is 0 Å². The lowest BCUT2D eigenvalue weighted by molar-refractivity contribution is 0.0995. The van der Waals surface area contributed by atoms with E-state index in [2.05, 4.69) is 5.32 Å². The molecule has 176 valence electrons. The van der Waals surface area contributed by atoms with Crippen LogP contribution in [0.15, 0.2) is 82.1 Å². The lowest BCUT2D eigenvalue weighted by Gasteiger charge is -2.15. The normalized spacial score (nSPS) is 11.5. The van der Waals surface area contributed by atoms with Gasteiger partial charge in [-0.3, -0.25) is 4.79 Å². The number of hydrogen-bond acceptors (Lipinski definition) is 6. The van der Waals surface area contributed by atoms with Crippen LogP contribution in [0.5, 0.6) is 11.5 Å². The van der Waals surface area contributed by atoms with Crippen molar-refractivity contribution < 1.29 is 27.1 Å². The van der Waals surface area contributed by atoms with Gasteiger partial charge in [-0.1, -0.05) is 36.4 Å². The molecule has 0 aliphatic rings. The molecule has 1 heterocycles. The van der Waals surface area contributed by atoms with Crippen LogP contribution in [0.25, 0.3) is 11.0 Å². The van der Waals surface area contributed by atoms with Crippen LogP contribution in [-0.2, 0) is 16.6 Å². The number of para-hydroxylation sites is 2. The van der Waals surface area contributed by atoms with E-state index in [1.54, 1.807) is 6.07 Å². The first-order valence-corrected chi connectivity index (χ1v) is 11.9. The number of nitrogens with one attached hydrogen (secondary N) is 1. The molecular formula is C25H24N2O6S. The van der Waals surface area contributed by atoms with Crippen LogP contribution in [0.3, 0.4) is 0 Å². The summed E-state index contributed by atoms with van der Waals surface area (Å²) in [5.74, 6) is 0.479. The monoisotopic (exact) mass is 480 g/mol. The summed E-state index contributed by atoms with van der Waals surface area (Å²) in [4.78, 5) is 13.3. The van der Waals surface area contributed by atoms with Crippen molar-refractivity contribution in [2.75, 3.05) is 26.5 Å². The summed E-state index contributed by atoms with van der Waals surface area (Å²) in [5.41, 5.74) is 1.31. The third kappa shape index (κ3) is 4.61. The fraction of sp³-hybridized carbons (Fsp3) is 0.160. The van der Waals surface area contributed by atoms with Crippen molar-refractivity contribution in [3.05, 3.63) is 84.1 Å². The number of anilines is 1. The maximum Gasteiger partial charge on any atom is 0.291 e. The second-order valence-electron chi connectivity index (χ2n) is 7.61. The van der Waals surface area contributed by atoms with Crippen LogP contribution in [0.4, 0.5) is 5.69 Å². The van der Waals surface area contributed by atoms with E-state index in [0.717, 1.165) is 9.69 Å². The first-order valence-electron chi connectivity index (χ1n) is 10.4. The number of furan rings is 1.